The Morgan fingerprint density at radius 2 is 2.00 bits per heavy atom. The van der Waals surface area contributed by atoms with Gasteiger partial charge in [0.25, 0.3) is 5.24 Å². The van der Waals surface area contributed by atoms with E-state index in [4.69, 9.17) is 40.5 Å². The summed E-state index contributed by atoms with van der Waals surface area (Å²) in [6.45, 7) is 0.764. The second-order valence-electron chi connectivity index (χ2n) is 3.52. The summed E-state index contributed by atoms with van der Waals surface area (Å²) < 4.78 is 0. The van der Waals surface area contributed by atoms with E-state index in [9.17, 15) is 4.79 Å². The Bertz CT molecular complexity index is 529. The van der Waals surface area contributed by atoms with Gasteiger partial charge < -0.3 is 5.73 Å². The van der Waals surface area contributed by atoms with Crippen molar-refractivity contribution in [1.82, 2.24) is 0 Å². The van der Waals surface area contributed by atoms with Crippen LogP contribution < -0.4 is 5.73 Å². The minimum Gasteiger partial charge on any atom is -0.330 e. The van der Waals surface area contributed by atoms with Crippen molar-refractivity contribution in [1.29, 1.82) is 0 Å². The lowest BCUT2D eigenvalue weighted by Crippen LogP contribution is -2.00. The number of rotatable bonds is 3. The Morgan fingerprint density at radius 3 is 2.47 bits per heavy atom. The van der Waals surface area contributed by atoms with Crippen LogP contribution in [0, 0.1) is 0 Å². The third kappa shape index (κ3) is 5.93. The maximum Gasteiger partial charge on any atom is 0.253 e. The number of carbonyl (C=O) groups excluding carboxylic acids is 1. The van der Waals surface area contributed by atoms with E-state index in [1.807, 2.05) is 0 Å². The molecule has 0 spiro atoms. The number of benzene rings is 1. The van der Waals surface area contributed by atoms with Crippen molar-refractivity contribution in [2.45, 2.75) is 6.42 Å². The Hall–Kier alpha value is -0.580. The van der Waals surface area contributed by atoms with Crippen LogP contribution in [0.25, 0.3) is 0 Å². The van der Waals surface area contributed by atoms with Crippen molar-refractivity contribution in [2.24, 2.45) is 5.73 Å². The highest BCUT2D eigenvalue weighted by Gasteiger charge is 2.06. The summed E-state index contributed by atoms with van der Waals surface area (Å²) >= 11 is 18.2. The average molecular weight is 337 g/mol. The quantitative estimate of drug-likeness (QED) is 0.831. The van der Waals surface area contributed by atoms with Crippen LogP contribution in [0.3, 0.4) is 0 Å². The first-order valence-electron chi connectivity index (χ1n) is 5.42. The number of hydrogen-bond acceptors (Lipinski definition) is 3. The highest BCUT2D eigenvalue weighted by Crippen LogP contribution is 2.21. The van der Waals surface area contributed by atoms with Crippen molar-refractivity contribution in [3.8, 4) is 0 Å². The van der Waals surface area contributed by atoms with Crippen LogP contribution in [0.1, 0.15) is 15.2 Å². The SMILES string of the molecule is NCCc1cccs1.O=C(Cl)c1ccc(Cl)cc1Cl. The smallest absolute Gasteiger partial charge is 0.253 e. The zero-order chi connectivity index (χ0) is 14.3. The van der Waals surface area contributed by atoms with Crippen LogP contribution in [-0.4, -0.2) is 11.8 Å². The maximum atomic E-state index is 10.6. The first kappa shape index (κ1) is 16.5. The summed E-state index contributed by atoms with van der Waals surface area (Å²) in [5, 5.41) is 2.26. The Morgan fingerprint density at radius 1 is 1.26 bits per heavy atom. The summed E-state index contributed by atoms with van der Waals surface area (Å²) in [5.41, 5.74) is 5.60. The molecule has 2 nitrogen and oxygen atoms in total. The van der Waals surface area contributed by atoms with Crippen molar-refractivity contribution >= 4 is 51.4 Å². The minimum atomic E-state index is -0.577. The molecule has 0 aliphatic heterocycles. The van der Waals surface area contributed by atoms with E-state index in [0.717, 1.165) is 13.0 Å². The summed E-state index contributed by atoms with van der Waals surface area (Å²) in [6.07, 6.45) is 1.03. The predicted molar refractivity (Wildman–Crippen MR) is 83.7 cm³/mol. The van der Waals surface area contributed by atoms with E-state index in [2.05, 4.69) is 17.5 Å². The molecule has 1 aromatic carbocycles. The molecule has 0 bridgehead atoms. The van der Waals surface area contributed by atoms with E-state index in [0.29, 0.717) is 5.02 Å². The molecular formula is C13H12Cl3NOS. The van der Waals surface area contributed by atoms with Crippen LogP contribution in [0.15, 0.2) is 35.7 Å². The van der Waals surface area contributed by atoms with E-state index in [-0.39, 0.29) is 10.6 Å². The molecule has 0 saturated heterocycles. The highest BCUT2D eigenvalue weighted by molar-refractivity contribution is 7.09. The van der Waals surface area contributed by atoms with Gasteiger partial charge in [-0.05, 0) is 54.2 Å². The van der Waals surface area contributed by atoms with Crippen molar-refractivity contribution in [3.63, 3.8) is 0 Å². The molecule has 0 radical (unpaired) electrons. The van der Waals surface area contributed by atoms with Gasteiger partial charge in [0.2, 0.25) is 0 Å². The summed E-state index contributed by atoms with van der Waals surface area (Å²) in [7, 11) is 0. The van der Waals surface area contributed by atoms with Crippen LogP contribution in [-0.2, 0) is 6.42 Å². The summed E-state index contributed by atoms with van der Waals surface area (Å²) in [6, 6.07) is 8.68. The Labute approximate surface area is 131 Å². The second-order valence-corrected chi connectivity index (χ2v) is 5.74. The lowest BCUT2D eigenvalue weighted by atomic mass is 10.2. The largest absolute Gasteiger partial charge is 0.330 e. The molecule has 0 fully saturated rings. The molecule has 0 aliphatic rings. The molecule has 0 atom stereocenters. The fourth-order valence-corrected chi connectivity index (χ4v) is 2.68. The highest BCUT2D eigenvalue weighted by atomic mass is 35.5. The molecule has 1 heterocycles. The lowest BCUT2D eigenvalue weighted by molar-refractivity contribution is 0.108. The molecule has 0 saturated carbocycles. The third-order valence-corrected chi connectivity index (χ3v) is 3.80. The molecule has 102 valence electrons. The molecule has 0 amide bonds. The van der Waals surface area contributed by atoms with Gasteiger partial charge in [-0.1, -0.05) is 29.3 Å². The number of carbonyl (C=O) groups is 1. The van der Waals surface area contributed by atoms with Crippen molar-refractivity contribution in [3.05, 3.63) is 56.2 Å². The summed E-state index contributed by atoms with van der Waals surface area (Å²) in [5.74, 6) is 0. The molecule has 1 aromatic heterocycles. The van der Waals surface area contributed by atoms with Gasteiger partial charge in [0.15, 0.2) is 0 Å². The van der Waals surface area contributed by atoms with E-state index in [1.54, 1.807) is 17.4 Å². The Balaban J connectivity index is 0.000000200. The topological polar surface area (TPSA) is 43.1 Å². The van der Waals surface area contributed by atoms with Gasteiger partial charge in [0.1, 0.15) is 0 Å². The van der Waals surface area contributed by atoms with Crippen molar-refractivity contribution < 1.29 is 4.79 Å². The first-order chi connectivity index (χ1) is 9.04. The van der Waals surface area contributed by atoms with Crippen molar-refractivity contribution in [2.75, 3.05) is 6.54 Å². The fraction of sp³-hybridized carbons (Fsp3) is 0.154. The van der Waals surface area contributed by atoms with Crippen LogP contribution >= 0.6 is 46.1 Å². The number of thiophene rings is 1. The standard InChI is InChI=1S/C7H3Cl3O.C6H9NS/c8-4-1-2-5(7(10)11)6(9)3-4;7-4-3-6-2-1-5-8-6/h1-3H;1-2,5H,3-4,7H2. The molecule has 6 heteroatoms. The number of halogens is 3. The maximum absolute atomic E-state index is 10.6. The molecule has 2 rings (SSSR count). The van der Waals surface area contributed by atoms with Gasteiger partial charge in [-0.15, -0.1) is 11.3 Å². The first-order valence-corrected chi connectivity index (χ1v) is 7.43. The van der Waals surface area contributed by atoms with Gasteiger partial charge >= 0.3 is 0 Å². The summed E-state index contributed by atoms with van der Waals surface area (Å²) in [4.78, 5) is 12.0. The third-order valence-electron chi connectivity index (χ3n) is 2.11. The van der Waals surface area contributed by atoms with Gasteiger partial charge in [0.05, 0.1) is 10.6 Å². The van der Waals surface area contributed by atoms with Gasteiger partial charge in [-0.2, -0.15) is 0 Å². The molecule has 19 heavy (non-hydrogen) atoms. The molecule has 0 unspecified atom stereocenters. The Kier molecular flexibility index (Phi) is 7.42. The minimum absolute atomic E-state index is 0.275. The van der Waals surface area contributed by atoms with Crippen LogP contribution in [0.4, 0.5) is 0 Å². The van der Waals surface area contributed by atoms with Gasteiger partial charge in [-0.3, -0.25) is 4.79 Å². The second kappa shape index (κ2) is 8.56. The molecule has 0 aliphatic carbocycles. The fourth-order valence-electron chi connectivity index (χ4n) is 1.25. The van der Waals surface area contributed by atoms with Crippen LogP contribution in [0.5, 0.6) is 0 Å². The molecular weight excluding hydrogens is 325 g/mol. The van der Waals surface area contributed by atoms with E-state index >= 15 is 0 Å². The van der Waals surface area contributed by atoms with E-state index < -0.39 is 5.24 Å². The monoisotopic (exact) mass is 335 g/mol. The van der Waals surface area contributed by atoms with Crippen LogP contribution in [0.2, 0.25) is 10.0 Å². The molecule has 2 N–H and O–H groups in total. The normalized spacial score (nSPS) is 9.68. The molecule has 2 aromatic rings. The number of nitrogens with two attached hydrogens (primary N) is 1. The van der Waals surface area contributed by atoms with Gasteiger partial charge in [0, 0.05) is 9.90 Å². The predicted octanol–water partition coefficient (Wildman–Crippen LogP) is 4.62. The zero-order valence-corrected chi connectivity index (χ0v) is 13.0. The number of hydrogen-bond donors (Lipinski definition) is 1. The lowest BCUT2D eigenvalue weighted by Gasteiger charge is -1.96. The zero-order valence-electron chi connectivity index (χ0n) is 9.91. The van der Waals surface area contributed by atoms with E-state index in [1.165, 1.54) is 17.0 Å². The van der Waals surface area contributed by atoms with Gasteiger partial charge in [-0.25, -0.2) is 0 Å². The average Bonchev–Trinajstić information content (AvgIpc) is 2.82.